The molecule has 0 aliphatic carbocycles. The summed E-state index contributed by atoms with van der Waals surface area (Å²) in [4.78, 5) is 4.27. The lowest BCUT2D eigenvalue weighted by Crippen LogP contribution is -2.05. The number of aromatic nitrogens is 3. The zero-order valence-corrected chi connectivity index (χ0v) is 10.4. The molecule has 5 heteroatoms. The van der Waals surface area contributed by atoms with E-state index in [2.05, 4.69) is 15.4 Å². The lowest BCUT2D eigenvalue weighted by atomic mass is 10.2. The van der Waals surface area contributed by atoms with Crippen molar-refractivity contribution < 1.29 is 0 Å². The molecule has 0 atom stereocenters. The first-order chi connectivity index (χ1) is 8.08. The zero-order chi connectivity index (χ0) is 12.4. The SMILES string of the molecule is Cc1cnc(NCc2cnn(C)c2C)c(N)c1. The van der Waals surface area contributed by atoms with Crippen LogP contribution in [0.3, 0.4) is 0 Å². The van der Waals surface area contributed by atoms with E-state index >= 15 is 0 Å². The third kappa shape index (κ3) is 2.38. The van der Waals surface area contributed by atoms with Gasteiger partial charge in [-0.05, 0) is 25.5 Å². The second kappa shape index (κ2) is 4.45. The van der Waals surface area contributed by atoms with Crippen LogP contribution in [0, 0.1) is 13.8 Å². The Labute approximate surface area is 101 Å². The molecule has 5 nitrogen and oxygen atoms in total. The molecule has 0 aliphatic heterocycles. The first kappa shape index (κ1) is 11.4. The molecule has 17 heavy (non-hydrogen) atoms. The zero-order valence-electron chi connectivity index (χ0n) is 10.4. The van der Waals surface area contributed by atoms with Crippen LogP contribution < -0.4 is 11.1 Å². The Balaban J connectivity index is 2.10. The van der Waals surface area contributed by atoms with Crippen LogP contribution >= 0.6 is 0 Å². The number of rotatable bonds is 3. The smallest absolute Gasteiger partial charge is 0.149 e. The fourth-order valence-corrected chi connectivity index (χ4v) is 1.64. The molecule has 90 valence electrons. The molecule has 2 aromatic heterocycles. The summed E-state index contributed by atoms with van der Waals surface area (Å²) in [7, 11) is 1.93. The number of aryl methyl sites for hydroxylation is 2. The van der Waals surface area contributed by atoms with Crippen molar-refractivity contribution in [3.63, 3.8) is 0 Å². The van der Waals surface area contributed by atoms with Crippen LogP contribution in [0.15, 0.2) is 18.5 Å². The van der Waals surface area contributed by atoms with Gasteiger partial charge < -0.3 is 11.1 Å². The molecule has 3 N–H and O–H groups in total. The van der Waals surface area contributed by atoms with Crippen LogP contribution in [0.2, 0.25) is 0 Å². The van der Waals surface area contributed by atoms with Gasteiger partial charge in [-0.25, -0.2) is 4.98 Å². The van der Waals surface area contributed by atoms with Gasteiger partial charge in [0.05, 0.1) is 11.9 Å². The lowest BCUT2D eigenvalue weighted by molar-refractivity contribution is 0.738. The van der Waals surface area contributed by atoms with Gasteiger partial charge in [-0.3, -0.25) is 4.68 Å². The number of anilines is 2. The van der Waals surface area contributed by atoms with E-state index in [1.807, 2.05) is 37.8 Å². The molecular formula is C12H17N5. The van der Waals surface area contributed by atoms with Crippen molar-refractivity contribution in [2.24, 2.45) is 7.05 Å². The molecule has 0 spiro atoms. The lowest BCUT2D eigenvalue weighted by Gasteiger charge is -2.08. The van der Waals surface area contributed by atoms with Crippen molar-refractivity contribution in [1.29, 1.82) is 0 Å². The summed E-state index contributed by atoms with van der Waals surface area (Å²) < 4.78 is 1.85. The van der Waals surface area contributed by atoms with Gasteiger partial charge in [0.25, 0.3) is 0 Å². The molecule has 0 aromatic carbocycles. The summed E-state index contributed by atoms with van der Waals surface area (Å²) in [5, 5.41) is 7.41. The van der Waals surface area contributed by atoms with Gasteiger partial charge in [-0.1, -0.05) is 0 Å². The predicted molar refractivity (Wildman–Crippen MR) is 68.7 cm³/mol. The maximum Gasteiger partial charge on any atom is 0.149 e. The molecular weight excluding hydrogens is 214 g/mol. The molecule has 0 saturated heterocycles. The van der Waals surface area contributed by atoms with Crippen LogP contribution in [-0.4, -0.2) is 14.8 Å². The number of nitrogens with zero attached hydrogens (tertiary/aromatic N) is 3. The number of nitrogen functional groups attached to an aromatic ring is 1. The van der Waals surface area contributed by atoms with Crippen LogP contribution in [0.25, 0.3) is 0 Å². The van der Waals surface area contributed by atoms with Crippen LogP contribution in [0.1, 0.15) is 16.8 Å². The van der Waals surface area contributed by atoms with E-state index in [4.69, 9.17) is 5.73 Å². The Bertz CT molecular complexity index is 530. The summed E-state index contributed by atoms with van der Waals surface area (Å²) in [5.41, 5.74) is 9.91. The highest BCUT2D eigenvalue weighted by Gasteiger charge is 2.05. The van der Waals surface area contributed by atoms with Gasteiger partial charge in [-0.15, -0.1) is 0 Å². The molecule has 0 aliphatic rings. The van der Waals surface area contributed by atoms with E-state index in [0.717, 1.165) is 22.6 Å². The maximum atomic E-state index is 5.88. The molecule has 0 amide bonds. The van der Waals surface area contributed by atoms with E-state index in [0.29, 0.717) is 12.2 Å². The predicted octanol–water partition coefficient (Wildman–Crippen LogP) is 1.63. The fraction of sp³-hybridized carbons (Fsp3) is 0.333. The number of hydrogen-bond donors (Lipinski definition) is 2. The average molecular weight is 231 g/mol. The van der Waals surface area contributed by atoms with Crippen molar-refractivity contribution in [2.45, 2.75) is 20.4 Å². The number of hydrogen-bond acceptors (Lipinski definition) is 4. The molecule has 2 rings (SSSR count). The van der Waals surface area contributed by atoms with Crippen LogP contribution in [-0.2, 0) is 13.6 Å². The van der Waals surface area contributed by atoms with Crippen molar-refractivity contribution in [2.75, 3.05) is 11.1 Å². The largest absolute Gasteiger partial charge is 0.396 e. The molecule has 0 saturated carbocycles. The second-order valence-corrected chi connectivity index (χ2v) is 4.18. The summed E-state index contributed by atoms with van der Waals surface area (Å²) >= 11 is 0. The topological polar surface area (TPSA) is 68.8 Å². The Morgan fingerprint density at radius 2 is 2.12 bits per heavy atom. The van der Waals surface area contributed by atoms with Gasteiger partial charge in [0, 0.05) is 31.0 Å². The van der Waals surface area contributed by atoms with Crippen LogP contribution in [0.5, 0.6) is 0 Å². The van der Waals surface area contributed by atoms with Crippen molar-refractivity contribution >= 4 is 11.5 Å². The normalized spacial score (nSPS) is 10.5. The number of nitrogens with two attached hydrogens (primary N) is 1. The number of nitrogens with one attached hydrogen (secondary N) is 1. The van der Waals surface area contributed by atoms with E-state index in [-0.39, 0.29) is 0 Å². The van der Waals surface area contributed by atoms with Crippen molar-refractivity contribution in [3.8, 4) is 0 Å². The summed E-state index contributed by atoms with van der Waals surface area (Å²) in [6, 6.07) is 1.91. The highest BCUT2D eigenvalue weighted by atomic mass is 15.3. The van der Waals surface area contributed by atoms with Gasteiger partial charge >= 0.3 is 0 Å². The Hall–Kier alpha value is -2.04. The minimum atomic E-state index is 0.673. The van der Waals surface area contributed by atoms with E-state index in [1.54, 1.807) is 6.20 Å². The standard InChI is InChI=1S/C12H17N5/c1-8-4-11(13)12(14-5-8)15-6-10-7-16-17(3)9(10)2/h4-5,7H,6,13H2,1-3H3,(H,14,15). The Morgan fingerprint density at radius 1 is 1.35 bits per heavy atom. The first-order valence-electron chi connectivity index (χ1n) is 5.51. The molecule has 0 unspecified atom stereocenters. The third-order valence-electron chi connectivity index (χ3n) is 2.84. The first-order valence-corrected chi connectivity index (χ1v) is 5.51. The van der Waals surface area contributed by atoms with Crippen molar-refractivity contribution in [3.05, 3.63) is 35.3 Å². The molecule has 0 bridgehead atoms. The summed E-state index contributed by atoms with van der Waals surface area (Å²) in [5.74, 6) is 0.721. The summed E-state index contributed by atoms with van der Waals surface area (Å²) in [6.45, 7) is 4.69. The molecule has 2 heterocycles. The summed E-state index contributed by atoms with van der Waals surface area (Å²) in [6.07, 6.45) is 3.65. The van der Waals surface area contributed by atoms with Crippen LogP contribution in [0.4, 0.5) is 11.5 Å². The van der Waals surface area contributed by atoms with E-state index in [9.17, 15) is 0 Å². The van der Waals surface area contributed by atoms with E-state index < -0.39 is 0 Å². The average Bonchev–Trinajstić information content (AvgIpc) is 2.59. The second-order valence-electron chi connectivity index (χ2n) is 4.18. The maximum absolute atomic E-state index is 5.88. The third-order valence-corrected chi connectivity index (χ3v) is 2.84. The van der Waals surface area contributed by atoms with Crippen molar-refractivity contribution in [1.82, 2.24) is 14.8 Å². The Kier molecular flexibility index (Phi) is 2.99. The monoisotopic (exact) mass is 231 g/mol. The number of pyridine rings is 1. The van der Waals surface area contributed by atoms with Gasteiger partial charge in [-0.2, -0.15) is 5.10 Å². The molecule has 0 fully saturated rings. The molecule has 2 aromatic rings. The van der Waals surface area contributed by atoms with Gasteiger partial charge in [0.1, 0.15) is 5.82 Å². The van der Waals surface area contributed by atoms with E-state index in [1.165, 1.54) is 0 Å². The fourth-order valence-electron chi connectivity index (χ4n) is 1.64. The molecule has 0 radical (unpaired) electrons. The minimum absolute atomic E-state index is 0.673. The quantitative estimate of drug-likeness (QED) is 0.842. The highest BCUT2D eigenvalue weighted by molar-refractivity contribution is 5.61. The van der Waals surface area contributed by atoms with Gasteiger partial charge in [0.2, 0.25) is 0 Å². The Morgan fingerprint density at radius 3 is 2.71 bits per heavy atom. The minimum Gasteiger partial charge on any atom is -0.396 e. The van der Waals surface area contributed by atoms with Gasteiger partial charge in [0.15, 0.2) is 0 Å². The highest BCUT2D eigenvalue weighted by Crippen LogP contribution is 2.17.